The van der Waals surface area contributed by atoms with Crippen LogP contribution in [-0.2, 0) is 11.3 Å². The summed E-state index contributed by atoms with van der Waals surface area (Å²) in [6, 6.07) is 10.1. The van der Waals surface area contributed by atoms with E-state index in [9.17, 15) is 9.59 Å². The van der Waals surface area contributed by atoms with Crippen LogP contribution in [0.3, 0.4) is 0 Å². The fourth-order valence-corrected chi connectivity index (χ4v) is 3.99. The molecule has 2 fully saturated rings. The number of amides is 3. The van der Waals surface area contributed by atoms with Crippen molar-refractivity contribution in [3.05, 3.63) is 42.1 Å². The highest BCUT2D eigenvalue weighted by atomic mass is 16.2. The van der Waals surface area contributed by atoms with Gasteiger partial charge in [0, 0.05) is 18.1 Å². The molecule has 0 aliphatic carbocycles. The van der Waals surface area contributed by atoms with E-state index in [4.69, 9.17) is 0 Å². The molecule has 3 amide bonds. The summed E-state index contributed by atoms with van der Waals surface area (Å²) in [5, 5.41) is 6.33. The third-order valence-electron chi connectivity index (χ3n) is 5.55. The Labute approximate surface area is 146 Å². The van der Waals surface area contributed by atoms with Gasteiger partial charge in [-0.3, -0.25) is 20.0 Å². The summed E-state index contributed by atoms with van der Waals surface area (Å²) < 4.78 is 0. The number of imide groups is 1. The van der Waals surface area contributed by atoms with E-state index in [1.54, 1.807) is 0 Å². The van der Waals surface area contributed by atoms with Gasteiger partial charge in [0.25, 0.3) is 5.91 Å². The minimum Gasteiger partial charge on any atom is -0.323 e. The van der Waals surface area contributed by atoms with E-state index in [1.165, 1.54) is 5.56 Å². The van der Waals surface area contributed by atoms with E-state index in [1.807, 2.05) is 19.2 Å². The monoisotopic (exact) mass is 338 g/mol. The SMILES string of the molecule is C[C@@]1(C2CCN(Cc3ccc4ncccc4c3)CC2)NC(=O)NC1=O. The third kappa shape index (κ3) is 2.98. The summed E-state index contributed by atoms with van der Waals surface area (Å²) in [4.78, 5) is 30.3. The van der Waals surface area contributed by atoms with Crippen molar-refractivity contribution in [2.45, 2.75) is 31.8 Å². The molecule has 2 saturated heterocycles. The fraction of sp³-hybridized carbons (Fsp3) is 0.421. The summed E-state index contributed by atoms with van der Waals surface area (Å²) in [6.45, 7) is 4.58. The van der Waals surface area contributed by atoms with E-state index >= 15 is 0 Å². The lowest BCUT2D eigenvalue weighted by Crippen LogP contribution is -2.53. The Kier molecular flexibility index (Phi) is 3.92. The molecule has 6 heteroatoms. The maximum Gasteiger partial charge on any atom is 0.322 e. The Morgan fingerprint density at radius 3 is 2.76 bits per heavy atom. The second kappa shape index (κ2) is 6.11. The minimum absolute atomic E-state index is 0.177. The second-order valence-electron chi connectivity index (χ2n) is 7.19. The number of likely N-dealkylation sites (tertiary alicyclic amines) is 1. The van der Waals surface area contributed by atoms with Crippen LogP contribution in [0.5, 0.6) is 0 Å². The van der Waals surface area contributed by atoms with Crippen LogP contribution in [0.15, 0.2) is 36.5 Å². The molecule has 1 aromatic heterocycles. The van der Waals surface area contributed by atoms with Crippen molar-refractivity contribution in [3.63, 3.8) is 0 Å². The van der Waals surface area contributed by atoms with Gasteiger partial charge < -0.3 is 5.32 Å². The first-order valence-electron chi connectivity index (χ1n) is 8.74. The van der Waals surface area contributed by atoms with Crippen LogP contribution in [0.25, 0.3) is 10.9 Å². The number of benzene rings is 1. The van der Waals surface area contributed by atoms with Crippen LogP contribution >= 0.6 is 0 Å². The van der Waals surface area contributed by atoms with E-state index in [2.05, 4.69) is 44.8 Å². The molecule has 3 heterocycles. The van der Waals surface area contributed by atoms with Crippen molar-refractivity contribution in [2.75, 3.05) is 13.1 Å². The lowest BCUT2D eigenvalue weighted by Gasteiger charge is -2.38. The van der Waals surface area contributed by atoms with Crippen molar-refractivity contribution in [3.8, 4) is 0 Å². The first-order chi connectivity index (χ1) is 12.0. The molecular formula is C19H22N4O2. The summed E-state index contributed by atoms with van der Waals surface area (Å²) >= 11 is 0. The lowest BCUT2D eigenvalue weighted by molar-refractivity contribution is -0.125. The third-order valence-corrected chi connectivity index (χ3v) is 5.55. The number of hydrogen-bond acceptors (Lipinski definition) is 4. The van der Waals surface area contributed by atoms with Gasteiger partial charge in [0.2, 0.25) is 0 Å². The maximum absolute atomic E-state index is 12.1. The summed E-state index contributed by atoms with van der Waals surface area (Å²) in [6.07, 6.45) is 3.62. The molecule has 2 aliphatic rings. The van der Waals surface area contributed by atoms with Crippen molar-refractivity contribution >= 4 is 22.8 Å². The summed E-state index contributed by atoms with van der Waals surface area (Å²) in [5.41, 5.74) is 1.52. The van der Waals surface area contributed by atoms with Gasteiger partial charge >= 0.3 is 6.03 Å². The molecule has 2 aromatic rings. The minimum atomic E-state index is -0.766. The number of pyridine rings is 1. The molecule has 0 unspecified atom stereocenters. The molecular weight excluding hydrogens is 316 g/mol. The van der Waals surface area contributed by atoms with Crippen LogP contribution in [0, 0.1) is 5.92 Å². The van der Waals surface area contributed by atoms with Crippen molar-refractivity contribution < 1.29 is 9.59 Å². The quantitative estimate of drug-likeness (QED) is 0.840. The van der Waals surface area contributed by atoms with E-state index < -0.39 is 5.54 Å². The average Bonchev–Trinajstić information content (AvgIpc) is 2.88. The van der Waals surface area contributed by atoms with Gasteiger partial charge in [0.15, 0.2) is 0 Å². The van der Waals surface area contributed by atoms with Crippen LogP contribution < -0.4 is 10.6 Å². The molecule has 0 bridgehead atoms. The van der Waals surface area contributed by atoms with E-state index in [0.29, 0.717) is 0 Å². The predicted molar refractivity (Wildman–Crippen MR) is 94.8 cm³/mol. The number of carbonyl (C=O) groups is 2. The molecule has 25 heavy (non-hydrogen) atoms. The summed E-state index contributed by atoms with van der Waals surface area (Å²) in [7, 11) is 0. The average molecular weight is 338 g/mol. The smallest absolute Gasteiger partial charge is 0.322 e. The number of aromatic nitrogens is 1. The standard InChI is InChI=1S/C19H22N4O2/c1-19(17(24)21-18(25)22-19)15-6-9-23(10-7-15)12-13-4-5-16-14(11-13)3-2-8-20-16/h2-5,8,11,15H,6-7,9-10,12H2,1H3,(H2,21,22,24,25)/t19-/m0/s1. The highest BCUT2D eigenvalue weighted by Gasteiger charge is 2.48. The number of rotatable bonds is 3. The van der Waals surface area contributed by atoms with Gasteiger partial charge in [-0.1, -0.05) is 12.1 Å². The van der Waals surface area contributed by atoms with Gasteiger partial charge in [0.05, 0.1) is 5.52 Å². The Hall–Kier alpha value is -2.47. The van der Waals surface area contributed by atoms with Gasteiger partial charge in [0.1, 0.15) is 5.54 Å². The number of fused-ring (bicyclic) bond motifs is 1. The Balaban J connectivity index is 1.40. The molecule has 6 nitrogen and oxygen atoms in total. The normalized spacial score (nSPS) is 25.2. The predicted octanol–water partition coefficient (Wildman–Crippen LogP) is 2.04. The Bertz CT molecular complexity index is 829. The zero-order valence-electron chi connectivity index (χ0n) is 14.3. The highest BCUT2D eigenvalue weighted by molar-refractivity contribution is 6.06. The largest absolute Gasteiger partial charge is 0.323 e. The topological polar surface area (TPSA) is 74.3 Å². The molecule has 4 rings (SSSR count). The molecule has 2 aliphatic heterocycles. The van der Waals surface area contributed by atoms with Crippen LogP contribution in [0.4, 0.5) is 4.79 Å². The first-order valence-corrected chi connectivity index (χ1v) is 8.74. The maximum atomic E-state index is 12.1. The molecule has 0 radical (unpaired) electrons. The zero-order chi connectivity index (χ0) is 17.4. The van der Waals surface area contributed by atoms with Gasteiger partial charge in [-0.15, -0.1) is 0 Å². The second-order valence-corrected chi connectivity index (χ2v) is 7.19. The fourth-order valence-electron chi connectivity index (χ4n) is 3.99. The van der Waals surface area contributed by atoms with Crippen LogP contribution in [0.1, 0.15) is 25.3 Å². The summed E-state index contributed by atoms with van der Waals surface area (Å²) in [5.74, 6) is -0.0195. The molecule has 0 saturated carbocycles. The van der Waals surface area contributed by atoms with Crippen LogP contribution in [0.2, 0.25) is 0 Å². The van der Waals surface area contributed by atoms with Gasteiger partial charge in [-0.05, 0) is 62.5 Å². The number of nitrogens with zero attached hydrogens (tertiary/aromatic N) is 2. The molecule has 1 aromatic carbocycles. The Morgan fingerprint density at radius 1 is 1.24 bits per heavy atom. The van der Waals surface area contributed by atoms with Crippen molar-refractivity contribution in [2.24, 2.45) is 5.92 Å². The molecule has 2 N–H and O–H groups in total. The van der Waals surface area contributed by atoms with Crippen LogP contribution in [-0.4, -0.2) is 40.5 Å². The molecule has 130 valence electrons. The number of nitrogens with one attached hydrogen (secondary N) is 2. The first kappa shape index (κ1) is 16.0. The molecule has 0 spiro atoms. The van der Waals surface area contributed by atoms with E-state index in [0.717, 1.165) is 43.4 Å². The molecule has 1 atom stereocenters. The Morgan fingerprint density at radius 2 is 2.04 bits per heavy atom. The highest BCUT2D eigenvalue weighted by Crippen LogP contribution is 2.31. The number of urea groups is 1. The number of piperidine rings is 1. The van der Waals surface area contributed by atoms with Crippen molar-refractivity contribution in [1.82, 2.24) is 20.5 Å². The number of hydrogen-bond donors (Lipinski definition) is 2. The van der Waals surface area contributed by atoms with E-state index in [-0.39, 0.29) is 17.9 Å². The van der Waals surface area contributed by atoms with Crippen molar-refractivity contribution in [1.29, 1.82) is 0 Å². The zero-order valence-corrected chi connectivity index (χ0v) is 14.3. The van der Waals surface area contributed by atoms with Gasteiger partial charge in [-0.25, -0.2) is 4.79 Å². The lowest BCUT2D eigenvalue weighted by atomic mass is 9.79. The number of carbonyl (C=O) groups excluding carboxylic acids is 2. The van der Waals surface area contributed by atoms with Gasteiger partial charge in [-0.2, -0.15) is 0 Å².